The average Bonchev–Trinajstić information content (AvgIpc) is 1.85. The Bertz CT molecular complexity index is 105. The fourth-order valence-electron chi connectivity index (χ4n) is 0.774. The van der Waals surface area contributed by atoms with Gasteiger partial charge >= 0.3 is 0 Å². The van der Waals surface area contributed by atoms with Crippen molar-refractivity contribution in [2.75, 3.05) is 12.3 Å². The smallest absolute Gasteiger partial charge is 0.0792 e. The third kappa shape index (κ3) is 1.40. The van der Waals surface area contributed by atoms with Gasteiger partial charge in [0, 0.05) is 12.3 Å². The maximum Gasteiger partial charge on any atom is 0.0792 e. The van der Waals surface area contributed by atoms with E-state index in [1.807, 2.05) is 0 Å². The summed E-state index contributed by atoms with van der Waals surface area (Å²) in [6.07, 6.45) is 1.28. The molecule has 1 saturated heterocycles. The molecule has 0 saturated carbocycles. The Morgan fingerprint density at radius 3 is 1.75 bits per heavy atom. The molecule has 8 heavy (non-hydrogen) atoms. The van der Waals surface area contributed by atoms with E-state index in [9.17, 15) is 4.57 Å². The molecule has 0 radical (unpaired) electrons. The molecule has 48 valence electrons. The summed E-state index contributed by atoms with van der Waals surface area (Å²) >= 11 is 11.3. The lowest BCUT2D eigenvalue weighted by Gasteiger charge is -1.98. The zero-order valence-corrected chi connectivity index (χ0v) is 6.74. The number of hydrogen-bond acceptors (Lipinski definition) is 1. The van der Waals surface area contributed by atoms with E-state index in [1.165, 1.54) is 0 Å². The maximum atomic E-state index is 10.7. The molecule has 0 aromatic rings. The highest BCUT2D eigenvalue weighted by Gasteiger charge is 2.28. The van der Waals surface area contributed by atoms with E-state index in [0.29, 0.717) is 12.3 Å². The maximum absolute atomic E-state index is 10.7. The molecule has 1 aliphatic heterocycles. The Balaban J connectivity index is 2.51. The molecular weight excluding hydrogens is 166 g/mol. The molecule has 0 aromatic carbocycles. The van der Waals surface area contributed by atoms with Crippen LogP contribution in [0.15, 0.2) is 0 Å². The van der Waals surface area contributed by atoms with Gasteiger partial charge in [-0.15, -0.1) is 23.2 Å². The first-order chi connectivity index (χ1) is 3.70. The summed E-state index contributed by atoms with van der Waals surface area (Å²) in [6, 6.07) is 0. The van der Waals surface area contributed by atoms with Gasteiger partial charge in [0.15, 0.2) is 0 Å². The summed E-state index contributed by atoms with van der Waals surface area (Å²) < 4.78 is 10.7. The summed E-state index contributed by atoms with van der Waals surface area (Å²) in [6.45, 7) is 0. The van der Waals surface area contributed by atoms with Gasteiger partial charge in [0.05, 0.1) is 18.6 Å². The minimum Gasteiger partial charge on any atom is -0.327 e. The summed E-state index contributed by atoms with van der Waals surface area (Å²) in [4.78, 5) is 0. The summed E-state index contributed by atoms with van der Waals surface area (Å²) in [7, 11) is -1.37. The quantitative estimate of drug-likeness (QED) is 0.403. The molecule has 2 unspecified atom stereocenters. The van der Waals surface area contributed by atoms with Gasteiger partial charge in [0.25, 0.3) is 0 Å². The van der Waals surface area contributed by atoms with Crippen LogP contribution in [-0.4, -0.2) is 23.1 Å². The number of halogens is 2. The molecular formula is C4H7Cl2OP. The Morgan fingerprint density at radius 1 is 1.25 bits per heavy atom. The van der Waals surface area contributed by atoms with Gasteiger partial charge in [0.2, 0.25) is 0 Å². The van der Waals surface area contributed by atoms with Crippen LogP contribution in [0.25, 0.3) is 0 Å². The highest BCUT2D eigenvalue weighted by atomic mass is 35.5. The Hall–Kier alpha value is 0.810. The fourth-order valence-corrected chi connectivity index (χ4v) is 3.89. The average molecular weight is 173 g/mol. The molecule has 1 aliphatic rings. The molecule has 0 aliphatic carbocycles. The van der Waals surface area contributed by atoms with Gasteiger partial charge < -0.3 is 4.57 Å². The van der Waals surface area contributed by atoms with Gasteiger partial charge in [-0.1, -0.05) is 0 Å². The Morgan fingerprint density at radius 2 is 1.62 bits per heavy atom. The van der Waals surface area contributed by atoms with Gasteiger partial charge in [-0.05, 0) is 0 Å². The first-order valence-corrected chi connectivity index (χ1v) is 5.19. The topological polar surface area (TPSA) is 17.1 Å². The van der Waals surface area contributed by atoms with Crippen molar-refractivity contribution in [1.82, 2.24) is 0 Å². The van der Waals surface area contributed by atoms with Crippen LogP contribution in [0, 0.1) is 0 Å². The number of hydrogen-bond donors (Lipinski definition) is 0. The lowest BCUT2D eigenvalue weighted by Crippen LogP contribution is -2.09. The highest BCUT2D eigenvalue weighted by Crippen LogP contribution is 2.37. The van der Waals surface area contributed by atoms with Crippen molar-refractivity contribution in [2.24, 2.45) is 0 Å². The molecule has 0 bridgehead atoms. The van der Waals surface area contributed by atoms with Crippen LogP contribution < -0.4 is 0 Å². The van der Waals surface area contributed by atoms with Crippen molar-refractivity contribution in [3.05, 3.63) is 0 Å². The molecule has 1 rings (SSSR count). The summed E-state index contributed by atoms with van der Waals surface area (Å²) in [5.74, 6) is 0. The van der Waals surface area contributed by atoms with Crippen LogP contribution in [0.5, 0.6) is 0 Å². The van der Waals surface area contributed by atoms with E-state index in [1.54, 1.807) is 0 Å². The standard InChI is InChI=1S/C4H7Cl2OP/c5-3-1-8(7)2-4(3)6/h3-4,8H,1-2H2. The van der Waals surface area contributed by atoms with E-state index in [0.717, 1.165) is 0 Å². The SMILES string of the molecule is O=[PH]1CC(Cl)C(Cl)C1. The summed E-state index contributed by atoms with van der Waals surface area (Å²) in [5.41, 5.74) is 0. The molecule has 0 spiro atoms. The van der Waals surface area contributed by atoms with Crippen LogP contribution in [0.4, 0.5) is 0 Å². The summed E-state index contributed by atoms with van der Waals surface area (Å²) in [5, 5.41) is -0.0777. The molecule has 1 heterocycles. The van der Waals surface area contributed by atoms with Crippen molar-refractivity contribution in [3.63, 3.8) is 0 Å². The molecule has 0 aromatic heterocycles. The molecule has 2 atom stereocenters. The van der Waals surface area contributed by atoms with Crippen molar-refractivity contribution < 1.29 is 4.57 Å². The van der Waals surface area contributed by atoms with Crippen LogP contribution in [0.2, 0.25) is 0 Å². The zero-order valence-electron chi connectivity index (χ0n) is 4.23. The third-order valence-electron chi connectivity index (χ3n) is 1.24. The van der Waals surface area contributed by atoms with Crippen molar-refractivity contribution in [2.45, 2.75) is 10.8 Å². The third-order valence-corrected chi connectivity index (χ3v) is 4.59. The van der Waals surface area contributed by atoms with E-state index < -0.39 is 7.80 Å². The van der Waals surface area contributed by atoms with E-state index in [2.05, 4.69) is 0 Å². The molecule has 1 fully saturated rings. The van der Waals surface area contributed by atoms with Crippen LogP contribution in [-0.2, 0) is 4.57 Å². The van der Waals surface area contributed by atoms with Gasteiger partial charge in [-0.2, -0.15) is 0 Å². The zero-order chi connectivity index (χ0) is 6.15. The van der Waals surface area contributed by atoms with Crippen molar-refractivity contribution in [3.8, 4) is 0 Å². The van der Waals surface area contributed by atoms with Crippen LogP contribution in [0.1, 0.15) is 0 Å². The predicted molar refractivity (Wildman–Crippen MR) is 38.0 cm³/mol. The van der Waals surface area contributed by atoms with Crippen LogP contribution >= 0.6 is 31.0 Å². The van der Waals surface area contributed by atoms with Crippen LogP contribution in [0.3, 0.4) is 0 Å². The molecule has 1 nitrogen and oxygen atoms in total. The first kappa shape index (κ1) is 6.92. The highest BCUT2D eigenvalue weighted by molar-refractivity contribution is 7.45. The normalized spacial score (nSPS) is 47.5. The second-order valence-corrected chi connectivity index (χ2v) is 4.99. The number of rotatable bonds is 0. The molecule has 0 N–H and O–H groups in total. The Kier molecular flexibility index (Phi) is 2.25. The monoisotopic (exact) mass is 172 g/mol. The van der Waals surface area contributed by atoms with Gasteiger partial charge in [0.1, 0.15) is 0 Å². The van der Waals surface area contributed by atoms with E-state index in [-0.39, 0.29) is 10.8 Å². The molecule has 4 heteroatoms. The minimum absolute atomic E-state index is 0.0388. The second kappa shape index (κ2) is 2.60. The first-order valence-electron chi connectivity index (χ1n) is 2.50. The minimum atomic E-state index is -1.37. The van der Waals surface area contributed by atoms with Crippen molar-refractivity contribution in [1.29, 1.82) is 0 Å². The van der Waals surface area contributed by atoms with E-state index in [4.69, 9.17) is 23.2 Å². The second-order valence-electron chi connectivity index (χ2n) is 1.98. The van der Waals surface area contributed by atoms with Gasteiger partial charge in [-0.25, -0.2) is 0 Å². The van der Waals surface area contributed by atoms with Gasteiger partial charge in [-0.3, -0.25) is 0 Å². The van der Waals surface area contributed by atoms with Crippen molar-refractivity contribution >= 4 is 31.0 Å². The fraction of sp³-hybridized carbons (Fsp3) is 1.00. The lowest BCUT2D eigenvalue weighted by molar-refractivity contribution is 0.591. The molecule has 0 amide bonds. The number of alkyl halides is 2. The predicted octanol–water partition coefficient (Wildman–Crippen LogP) is 1.77. The lowest BCUT2D eigenvalue weighted by atomic mass is 10.4. The largest absolute Gasteiger partial charge is 0.327 e. The Labute approximate surface area is 59.1 Å². The van der Waals surface area contributed by atoms with E-state index >= 15 is 0 Å².